The van der Waals surface area contributed by atoms with Crippen molar-refractivity contribution in [2.75, 3.05) is 38.2 Å². The first-order valence-corrected chi connectivity index (χ1v) is 10.4. The van der Waals surface area contributed by atoms with Crippen LogP contribution in [0.3, 0.4) is 0 Å². The molecule has 3 rings (SSSR count). The van der Waals surface area contributed by atoms with E-state index in [4.69, 9.17) is 4.74 Å². The van der Waals surface area contributed by atoms with Gasteiger partial charge >= 0.3 is 5.97 Å². The molecule has 0 atom stereocenters. The molecule has 27 heavy (non-hydrogen) atoms. The zero-order chi connectivity index (χ0) is 19.4. The molecule has 0 aromatic heterocycles. The summed E-state index contributed by atoms with van der Waals surface area (Å²) in [5.74, 6) is -0.392. The zero-order valence-electron chi connectivity index (χ0n) is 15.6. The molecular weight excluding hydrogens is 364 g/mol. The van der Waals surface area contributed by atoms with Gasteiger partial charge in [0.25, 0.3) is 0 Å². The number of para-hydroxylation sites is 1. The van der Waals surface area contributed by atoms with E-state index in [9.17, 15) is 13.2 Å². The maximum absolute atomic E-state index is 12.9. The molecule has 1 aliphatic rings. The van der Waals surface area contributed by atoms with Crippen LogP contribution in [-0.2, 0) is 21.2 Å². The Labute approximate surface area is 160 Å². The standard InChI is InChI=1S/C20H24N2O4S/c1-3-16-8-10-17(11-9-16)27(24,25)22-14-12-21(13-15-22)19-7-5-4-6-18(19)20(23)26-2/h4-11H,3,12-15H2,1-2H3. The highest BCUT2D eigenvalue weighted by Crippen LogP contribution is 2.25. The monoisotopic (exact) mass is 388 g/mol. The van der Waals surface area contributed by atoms with Crippen molar-refractivity contribution >= 4 is 21.7 Å². The molecule has 0 amide bonds. The van der Waals surface area contributed by atoms with Gasteiger partial charge in [-0.25, -0.2) is 13.2 Å². The number of rotatable bonds is 5. The number of benzene rings is 2. The smallest absolute Gasteiger partial charge is 0.339 e. The lowest BCUT2D eigenvalue weighted by molar-refractivity contribution is 0.0601. The summed E-state index contributed by atoms with van der Waals surface area (Å²) in [6.45, 7) is 3.80. The zero-order valence-corrected chi connectivity index (χ0v) is 16.4. The van der Waals surface area contributed by atoms with Gasteiger partial charge < -0.3 is 9.64 Å². The van der Waals surface area contributed by atoms with Crippen molar-refractivity contribution in [2.45, 2.75) is 18.2 Å². The van der Waals surface area contributed by atoms with E-state index in [0.29, 0.717) is 36.6 Å². The predicted octanol–water partition coefficient (Wildman–Crippen LogP) is 2.55. The molecule has 0 unspecified atom stereocenters. The Hall–Kier alpha value is -2.38. The normalized spacial score (nSPS) is 15.6. The maximum atomic E-state index is 12.9. The van der Waals surface area contributed by atoms with Crippen molar-refractivity contribution < 1.29 is 17.9 Å². The van der Waals surface area contributed by atoms with Gasteiger partial charge in [-0.05, 0) is 36.2 Å². The van der Waals surface area contributed by atoms with Gasteiger partial charge in [0.2, 0.25) is 10.0 Å². The van der Waals surface area contributed by atoms with E-state index in [1.807, 2.05) is 36.1 Å². The SMILES string of the molecule is CCc1ccc(S(=O)(=O)N2CCN(c3ccccc3C(=O)OC)CC2)cc1. The molecule has 2 aromatic rings. The van der Waals surface area contributed by atoms with Crippen LogP contribution in [0.4, 0.5) is 5.69 Å². The fourth-order valence-corrected chi connectivity index (χ4v) is 4.67. The highest BCUT2D eigenvalue weighted by atomic mass is 32.2. The lowest BCUT2D eigenvalue weighted by Crippen LogP contribution is -2.49. The first-order valence-electron chi connectivity index (χ1n) is 8.98. The maximum Gasteiger partial charge on any atom is 0.339 e. The second-order valence-electron chi connectivity index (χ2n) is 6.40. The second-order valence-corrected chi connectivity index (χ2v) is 8.34. The molecule has 144 valence electrons. The third kappa shape index (κ3) is 3.99. The van der Waals surface area contributed by atoms with Gasteiger partial charge in [-0.15, -0.1) is 0 Å². The lowest BCUT2D eigenvalue weighted by Gasteiger charge is -2.36. The lowest BCUT2D eigenvalue weighted by atomic mass is 10.1. The van der Waals surface area contributed by atoms with Gasteiger partial charge in [-0.1, -0.05) is 31.2 Å². The molecule has 0 aliphatic carbocycles. The minimum atomic E-state index is -3.51. The van der Waals surface area contributed by atoms with Gasteiger partial charge in [0.1, 0.15) is 0 Å². The van der Waals surface area contributed by atoms with Crippen molar-refractivity contribution in [2.24, 2.45) is 0 Å². The number of aryl methyl sites for hydroxylation is 1. The Kier molecular flexibility index (Phi) is 5.82. The van der Waals surface area contributed by atoms with Crippen LogP contribution >= 0.6 is 0 Å². The summed E-state index contributed by atoms with van der Waals surface area (Å²) in [4.78, 5) is 14.3. The van der Waals surface area contributed by atoms with Crippen LogP contribution in [0, 0.1) is 0 Å². The van der Waals surface area contributed by atoms with Crippen molar-refractivity contribution in [3.63, 3.8) is 0 Å². The number of carbonyl (C=O) groups is 1. The highest BCUT2D eigenvalue weighted by molar-refractivity contribution is 7.89. The van der Waals surface area contributed by atoms with Gasteiger partial charge in [0.15, 0.2) is 0 Å². The largest absolute Gasteiger partial charge is 0.465 e. The van der Waals surface area contributed by atoms with Crippen LogP contribution in [0.15, 0.2) is 53.4 Å². The van der Waals surface area contributed by atoms with E-state index in [0.717, 1.165) is 17.7 Å². The van der Waals surface area contributed by atoms with Crippen LogP contribution in [0.5, 0.6) is 0 Å². The van der Waals surface area contributed by atoms with Crippen LogP contribution in [-0.4, -0.2) is 52.0 Å². The molecule has 2 aromatic carbocycles. The molecular formula is C20H24N2O4S. The van der Waals surface area contributed by atoms with E-state index in [1.165, 1.54) is 11.4 Å². The summed E-state index contributed by atoms with van der Waals surface area (Å²) in [5.41, 5.74) is 2.37. The summed E-state index contributed by atoms with van der Waals surface area (Å²) in [7, 11) is -2.15. The summed E-state index contributed by atoms with van der Waals surface area (Å²) < 4.78 is 32.1. The van der Waals surface area contributed by atoms with E-state index in [1.54, 1.807) is 24.3 Å². The van der Waals surface area contributed by atoms with Crippen molar-refractivity contribution in [1.82, 2.24) is 4.31 Å². The molecule has 0 saturated carbocycles. The Balaban J connectivity index is 1.74. The third-order valence-corrected chi connectivity index (χ3v) is 6.77. The van der Waals surface area contributed by atoms with E-state index in [-0.39, 0.29) is 0 Å². The van der Waals surface area contributed by atoms with Crippen molar-refractivity contribution in [1.29, 1.82) is 0 Å². The van der Waals surface area contributed by atoms with Gasteiger partial charge in [-0.3, -0.25) is 0 Å². The number of sulfonamides is 1. The third-order valence-electron chi connectivity index (χ3n) is 4.86. The minimum Gasteiger partial charge on any atom is -0.465 e. The summed E-state index contributed by atoms with van der Waals surface area (Å²) in [5, 5.41) is 0. The average Bonchev–Trinajstić information content (AvgIpc) is 2.73. The fraction of sp³-hybridized carbons (Fsp3) is 0.350. The van der Waals surface area contributed by atoms with Gasteiger partial charge in [-0.2, -0.15) is 4.31 Å². The Bertz CT molecular complexity index is 902. The molecule has 1 heterocycles. The first-order chi connectivity index (χ1) is 13.0. The van der Waals surface area contributed by atoms with Crippen LogP contribution in [0.2, 0.25) is 0 Å². The number of hydrogen-bond acceptors (Lipinski definition) is 5. The molecule has 0 bridgehead atoms. The molecule has 0 N–H and O–H groups in total. The molecule has 1 aliphatic heterocycles. The highest BCUT2D eigenvalue weighted by Gasteiger charge is 2.29. The molecule has 1 saturated heterocycles. The number of ether oxygens (including phenoxy) is 1. The Morgan fingerprint density at radius 1 is 1.00 bits per heavy atom. The van der Waals surface area contributed by atoms with Gasteiger partial charge in [0.05, 0.1) is 23.3 Å². The number of carbonyl (C=O) groups excluding carboxylic acids is 1. The van der Waals surface area contributed by atoms with Gasteiger partial charge in [0, 0.05) is 26.2 Å². The van der Waals surface area contributed by atoms with Crippen molar-refractivity contribution in [3.8, 4) is 0 Å². The molecule has 6 nitrogen and oxygen atoms in total. The Morgan fingerprint density at radius 2 is 1.63 bits per heavy atom. The van der Waals surface area contributed by atoms with E-state index < -0.39 is 16.0 Å². The van der Waals surface area contributed by atoms with Crippen molar-refractivity contribution in [3.05, 3.63) is 59.7 Å². The number of nitrogens with zero attached hydrogens (tertiary/aromatic N) is 2. The quantitative estimate of drug-likeness (QED) is 0.737. The molecule has 7 heteroatoms. The van der Waals surface area contributed by atoms with Crippen LogP contribution < -0.4 is 4.90 Å². The summed E-state index contributed by atoms with van der Waals surface area (Å²) >= 11 is 0. The predicted molar refractivity (Wildman–Crippen MR) is 105 cm³/mol. The minimum absolute atomic E-state index is 0.322. The number of anilines is 1. The second kappa shape index (κ2) is 8.10. The number of piperazine rings is 1. The molecule has 0 spiro atoms. The molecule has 1 fully saturated rings. The topological polar surface area (TPSA) is 66.9 Å². The molecule has 0 radical (unpaired) electrons. The first kappa shape index (κ1) is 19.4. The van der Waals surface area contributed by atoms with E-state index in [2.05, 4.69) is 0 Å². The Morgan fingerprint density at radius 3 is 2.22 bits per heavy atom. The van der Waals surface area contributed by atoms with E-state index >= 15 is 0 Å². The fourth-order valence-electron chi connectivity index (χ4n) is 3.25. The average molecular weight is 388 g/mol. The summed E-state index contributed by atoms with van der Waals surface area (Å²) in [6, 6.07) is 14.3. The number of esters is 1. The van der Waals surface area contributed by atoms with Crippen LogP contribution in [0.25, 0.3) is 0 Å². The number of hydrogen-bond donors (Lipinski definition) is 0. The van der Waals surface area contributed by atoms with Crippen LogP contribution in [0.1, 0.15) is 22.8 Å². The number of methoxy groups -OCH3 is 1. The summed E-state index contributed by atoms with van der Waals surface area (Å²) in [6.07, 6.45) is 0.874.